The van der Waals surface area contributed by atoms with Crippen LogP contribution in [0.4, 0.5) is 14.9 Å². The van der Waals surface area contributed by atoms with Crippen molar-refractivity contribution in [3.63, 3.8) is 0 Å². The van der Waals surface area contributed by atoms with Crippen LogP contribution in [0.1, 0.15) is 12.0 Å². The predicted molar refractivity (Wildman–Crippen MR) is 71.8 cm³/mol. The fourth-order valence-corrected chi connectivity index (χ4v) is 2.72. The van der Waals surface area contributed by atoms with Gasteiger partial charge in [0.2, 0.25) is 0 Å². The Morgan fingerprint density at radius 3 is 2.90 bits per heavy atom. The molecule has 1 aromatic rings. The third kappa shape index (κ3) is 2.33. The number of aliphatic carboxylic acids is 1. The van der Waals surface area contributed by atoms with E-state index in [1.807, 2.05) is 0 Å². The molecule has 0 spiro atoms. The number of fused-ring (bicyclic) bond motifs is 1. The summed E-state index contributed by atoms with van der Waals surface area (Å²) in [6.45, 7) is 0.636. The van der Waals surface area contributed by atoms with Gasteiger partial charge in [-0.25, -0.2) is 14.0 Å². The van der Waals surface area contributed by atoms with Crippen molar-refractivity contribution >= 4 is 17.7 Å². The SMILES string of the molecule is O=C(NC1(C(=O)O)CCOC1)N1CCc2ccc(F)cc21. The molecule has 2 N–H and O–H groups in total. The van der Waals surface area contributed by atoms with Gasteiger partial charge in [-0.3, -0.25) is 4.90 Å². The zero-order valence-corrected chi connectivity index (χ0v) is 11.3. The smallest absolute Gasteiger partial charge is 0.332 e. The summed E-state index contributed by atoms with van der Waals surface area (Å²) in [5.41, 5.74) is -0.0294. The van der Waals surface area contributed by atoms with E-state index in [1.54, 1.807) is 6.07 Å². The summed E-state index contributed by atoms with van der Waals surface area (Å²) in [4.78, 5) is 25.1. The quantitative estimate of drug-likeness (QED) is 0.857. The van der Waals surface area contributed by atoms with Crippen LogP contribution < -0.4 is 10.2 Å². The predicted octanol–water partition coefficient (Wildman–Crippen LogP) is 1.14. The maximum atomic E-state index is 13.3. The van der Waals surface area contributed by atoms with Gasteiger partial charge in [0.05, 0.1) is 12.3 Å². The van der Waals surface area contributed by atoms with Gasteiger partial charge >= 0.3 is 12.0 Å². The van der Waals surface area contributed by atoms with Crippen molar-refractivity contribution < 1.29 is 23.8 Å². The lowest BCUT2D eigenvalue weighted by atomic mass is 9.99. The van der Waals surface area contributed by atoms with Gasteiger partial charge in [-0.15, -0.1) is 0 Å². The second kappa shape index (κ2) is 5.00. The van der Waals surface area contributed by atoms with Gasteiger partial charge in [0.25, 0.3) is 0 Å². The summed E-state index contributed by atoms with van der Waals surface area (Å²) in [5, 5.41) is 11.9. The lowest BCUT2D eigenvalue weighted by Gasteiger charge is -2.27. The summed E-state index contributed by atoms with van der Waals surface area (Å²) in [7, 11) is 0. The van der Waals surface area contributed by atoms with Crippen molar-refractivity contribution in [2.75, 3.05) is 24.7 Å². The normalized spacial score (nSPS) is 24.0. The molecule has 0 aliphatic carbocycles. The first-order valence-electron chi connectivity index (χ1n) is 6.71. The topological polar surface area (TPSA) is 78.9 Å². The highest BCUT2D eigenvalue weighted by atomic mass is 19.1. The van der Waals surface area contributed by atoms with Gasteiger partial charge in [-0.05, 0) is 24.1 Å². The Hall–Kier alpha value is -2.15. The number of rotatable bonds is 2. The monoisotopic (exact) mass is 294 g/mol. The molecule has 0 radical (unpaired) electrons. The number of carboxylic acids is 1. The molecule has 0 saturated carbocycles. The van der Waals surface area contributed by atoms with Crippen molar-refractivity contribution in [3.8, 4) is 0 Å². The number of anilines is 1. The number of carboxylic acid groups (broad SMARTS) is 1. The Morgan fingerprint density at radius 1 is 1.43 bits per heavy atom. The number of amides is 2. The van der Waals surface area contributed by atoms with E-state index in [4.69, 9.17) is 4.74 Å². The van der Waals surface area contributed by atoms with Crippen LogP contribution in [-0.4, -0.2) is 42.4 Å². The Bertz CT molecular complexity index is 599. The Morgan fingerprint density at radius 2 is 2.24 bits per heavy atom. The third-order valence-electron chi connectivity index (χ3n) is 3.97. The standard InChI is InChI=1S/C14H15FN2O4/c15-10-2-1-9-3-5-17(11(9)7-10)13(20)16-14(12(18)19)4-6-21-8-14/h1-2,7H,3-6,8H2,(H,16,20)(H,18,19). The van der Waals surface area contributed by atoms with Gasteiger partial charge in [0, 0.05) is 19.6 Å². The van der Waals surface area contributed by atoms with E-state index in [0.29, 0.717) is 18.7 Å². The molecule has 1 fully saturated rings. The van der Waals surface area contributed by atoms with Crippen LogP contribution in [0.15, 0.2) is 18.2 Å². The number of halogens is 1. The largest absolute Gasteiger partial charge is 0.479 e. The molecule has 0 bridgehead atoms. The number of carbonyl (C=O) groups excluding carboxylic acids is 1. The molecule has 21 heavy (non-hydrogen) atoms. The summed E-state index contributed by atoms with van der Waals surface area (Å²) in [5.74, 6) is -1.54. The van der Waals surface area contributed by atoms with Gasteiger partial charge in [-0.1, -0.05) is 6.07 Å². The molecule has 112 valence electrons. The molecule has 1 aromatic carbocycles. The van der Waals surface area contributed by atoms with Crippen LogP contribution in [0.3, 0.4) is 0 Å². The second-order valence-corrected chi connectivity index (χ2v) is 5.29. The van der Waals surface area contributed by atoms with Crippen LogP contribution in [-0.2, 0) is 16.0 Å². The highest BCUT2D eigenvalue weighted by Gasteiger charge is 2.45. The Kier molecular flexibility index (Phi) is 3.29. The number of urea groups is 1. The Balaban J connectivity index is 1.81. The first-order chi connectivity index (χ1) is 10.0. The molecule has 3 rings (SSSR count). The summed E-state index contributed by atoms with van der Waals surface area (Å²) >= 11 is 0. The molecule has 2 heterocycles. The minimum absolute atomic E-state index is 0.0576. The van der Waals surface area contributed by atoms with Crippen molar-refractivity contribution in [3.05, 3.63) is 29.6 Å². The van der Waals surface area contributed by atoms with Crippen molar-refractivity contribution in [2.45, 2.75) is 18.4 Å². The minimum atomic E-state index is -1.40. The van der Waals surface area contributed by atoms with Crippen LogP contribution >= 0.6 is 0 Å². The zero-order valence-electron chi connectivity index (χ0n) is 11.3. The van der Waals surface area contributed by atoms with Crippen molar-refractivity contribution in [2.24, 2.45) is 0 Å². The number of hydrogen-bond donors (Lipinski definition) is 2. The van der Waals surface area contributed by atoms with E-state index in [2.05, 4.69) is 5.32 Å². The van der Waals surface area contributed by atoms with E-state index in [0.717, 1.165) is 5.56 Å². The zero-order chi connectivity index (χ0) is 15.0. The number of ether oxygens (including phenoxy) is 1. The molecule has 6 nitrogen and oxygen atoms in total. The molecular weight excluding hydrogens is 279 g/mol. The summed E-state index contributed by atoms with van der Waals surface area (Å²) in [6, 6.07) is 3.75. The molecule has 2 amide bonds. The van der Waals surface area contributed by atoms with Gasteiger partial charge in [0.15, 0.2) is 5.54 Å². The maximum absolute atomic E-state index is 13.3. The third-order valence-corrected chi connectivity index (χ3v) is 3.97. The van der Waals surface area contributed by atoms with E-state index < -0.39 is 23.4 Å². The number of benzene rings is 1. The minimum Gasteiger partial charge on any atom is -0.479 e. The number of hydrogen-bond acceptors (Lipinski definition) is 3. The van der Waals surface area contributed by atoms with E-state index >= 15 is 0 Å². The van der Waals surface area contributed by atoms with Crippen molar-refractivity contribution in [1.29, 1.82) is 0 Å². The molecule has 2 aliphatic heterocycles. The fourth-order valence-electron chi connectivity index (χ4n) is 2.72. The first kappa shape index (κ1) is 13.8. The molecule has 1 saturated heterocycles. The van der Waals surface area contributed by atoms with E-state index in [-0.39, 0.29) is 19.6 Å². The Labute approximate surface area is 120 Å². The van der Waals surface area contributed by atoms with Gasteiger partial charge in [0.1, 0.15) is 5.82 Å². The molecule has 1 atom stereocenters. The number of nitrogens with one attached hydrogen (secondary N) is 1. The summed E-state index contributed by atoms with van der Waals surface area (Å²) < 4.78 is 18.4. The number of nitrogens with zero attached hydrogens (tertiary/aromatic N) is 1. The highest BCUT2D eigenvalue weighted by Crippen LogP contribution is 2.29. The van der Waals surface area contributed by atoms with Crippen LogP contribution in [0.5, 0.6) is 0 Å². The average molecular weight is 294 g/mol. The lowest BCUT2D eigenvalue weighted by molar-refractivity contribution is -0.144. The molecule has 0 aromatic heterocycles. The average Bonchev–Trinajstić information content (AvgIpc) is 3.05. The maximum Gasteiger partial charge on any atom is 0.332 e. The van der Waals surface area contributed by atoms with E-state index in [1.165, 1.54) is 17.0 Å². The first-order valence-corrected chi connectivity index (χ1v) is 6.71. The summed E-state index contributed by atoms with van der Waals surface area (Å²) in [6.07, 6.45) is 0.845. The molecular formula is C14H15FN2O4. The van der Waals surface area contributed by atoms with Crippen LogP contribution in [0, 0.1) is 5.82 Å². The second-order valence-electron chi connectivity index (χ2n) is 5.29. The fraction of sp³-hybridized carbons (Fsp3) is 0.429. The lowest BCUT2D eigenvalue weighted by Crippen LogP contribution is -2.58. The molecule has 7 heteroatoms. The number of carbonyl (C=O) groups is 2. The molecule has 1 unspecified atom stereocenters. The molecule has 2 aliphatic rings. The highest BCUT2D eigenvalue weighted by molar-refractivity contribution is 5.97. The van der Waals surface area contributed by atoms with Crippen molar-refractivity contribution in [1.82, 2.24) is 5.32 Å². The van der Waals surface area contributed by atoms with E-state index in [9.17, 15) is 19.1 Å². The van der Waals surface area contributed by atoms with Crippen LogP contribution in [0.25, 0.3) is 0 Å². The van der Waals surface area contributed by atoms with Crippen LogP contribution in [0.2, 0.25) is 0 Å². The van der Waals surface area contributed by atoms with Gasteiger partial charge < -0.3 is 15.2 Å². The van der Waals surface area contributed by atoms with Gasteiger partial charge in [-0.2, -0.15) is 0 Å².